The zero-order chi connectivity index (χ0) is 12.1. The van der Waals surface area contributed by atoms with Crippen molar-refractivity contribution in [2.24, 2.45) is 5.73 Å². The van der Waals surface area contributed by atoms with Crippen molar-refractivity contribution in [3.8, 4) is 0 Å². The van der Waals surface area contributed by atoms with Crippen molar-refractivity contribution < 1.29 is 0 Å². The minimum Gasteiger partial charge on any atom is -0.326 e. The Kier molecular flexibility index (Phi) is 5.97. The Labute approximate surface area is 111 Å². The summed E-state index contributed by atoms with van der Waals surface area (Å²) in [4.78, 5) is 3.80. The second kappa shape index (κ2) is 6.74. The molecule has 0 aliphatic carbocycles. The Bertz CT molecular complexity index is 310. The van der Waals surface area contributed by atoms with Crippen molar-refractivity contribution in [2.75, 3.05) is 13.1 Å². The summed E-state index contributed by atoms with van der Waals surface area (Å²) in [6.45, 7) is 8.64. The topological polar surface area (TPSA) is 29.3 Å². The quantitative estimate of drug-likeness (QED) is 0.869. The molecule has 0 aliphatic rings. The number of hydrogen-bond donors (Lipinski definition) is 1. The molecule has 92 valence electrons. The number of rotatable bonds is 6. The van der Waals surface area contributed by atoms with Crippen LogP contribution in [0.4, 0.5) is 0 Å². The first kappa shape index (κ1) is 14.2. The molecule has 0 saturated heterocycles. The molecule has 1 rings (SSSR count). The van der Waals surface area contributed by atoms with E-state index < -0.39 is 0 Å². The fraction of sp³-hybridized carbons (Fsp3) is 0.667. The monoisotopic (exact) mass is 304 g/mol. The maximum absolute atomic E-state index is 6.26. The number of likely N-dealkylation sites (N-methyl/N-ethyl adjacent to an activating group) is 1. The molecule has 0 aromatic carbocycles. The lowest BCUT2D eigenvalue weighted by Crippen LogP contribution is -2.40. The molecule has 0 saturated carbocycles. The van der Waals surface area contributed by atoms with E-state index in [9.17, 15) is 0 Å². The minimum absolute atomic E-state index is 0.213. The van der Waals surface area contributed by atoms with Gasteiger partial charge < -0.3 is 5.73 Å². The molecule has 0 fully saturated rings. The lowest BCUT2D eigenvalue weighted by molar-refractivity contribution is 0.190. The first-order chi connectivity index (χ1) is 7.63. The number of hydrogen-bond acceptors (Lipinski definition) is 3. The molecule has 0 amide bonds. The van der Waals surface area contributed by atoms with Crippen LogP contribution >= 0.6 is 27.3 Å². The summed E-state index contributed by atoms with van der Waals surface area (Å²) in [6.07, 6.45) is 1.01. The van der Waals surface area contributed by atoms with Crippen LogP contribution in [0.3, 0.4) is 0 Å². The van der Waals surface area contributed by atoms with Gasteiger partial charge in [0.15, 0.2) is 0 Å². The molecular weight excluding hydrogens is 284 g/mol. The van der Waals surface area contributed by atoms with Gasteiger partial charge in [0.2, 0.25) is 0 Å². The van der Waals surface area contributed by atoms with Crippen LogP contribution in [-0.2, 0) is 0 Å². The molecule has 4 heteroatoms. The molecule has 1 heterocycles. The third-order valence-electron chi connectivity index (χ3n) is 2.97. The van der Waals surface area contributed by atoms with Gasteiger partial charge in [-0.15, -0.1) is 11.3 Å². The van der Waals surface area contributed by atoms with Crippen LogP contribution in [0.2, 0.25) is 0 Å². The summed E-state index contributed by atoms with van der Waals surface area (Å²) in [5.74, 6) is 0. The van der Waals surface area contributed by atoms with Gasteiger partial charge in [0, 0.05) is 10.9 Å². The molecule has 2 nitrogen and oxygen atoms in total. The number of halogens is 1. The molecule has 0 bridgehead atoms. The highest BCUT2D eigenvalue weighted by molar-refractivity contribution is 9.11. The molecule has 0 radical (unpaired) electrons. The lowest BCUT2D eigenvalue weighted by Gasteiger charge is -2.33. The summed E-state index contributed by atoms with van der Waals surface area (Å²) in [7, 11) is 0. The standard InChI is InChI=1S/C12H21BrN2S/c1-4-9(14)12(15(5-2)6-3)10-7-8-11(13)16-10/h7-9,12H,4-6,14H2,1-3H3. The number of nitrogens with zero attached hydrogens (tertiary/aromatic N) is 1. The molecule has 1 aromatic rings. The first-order valence-corrected chi connectivity index (χ1v) is 7.49. The second-order valence-electron chi connectivity index (χ2n) is 3.88. The van der Waals surface area contributed by atoms with Gasteiger partial charge in [0.05, 0.1) is 9.83 Å². The van der Waals surface area contributed by atoms with E-state index >= 15 is 0 Å². The Hall–Kier alpha value is 0.1000. The van der Waals surface area contributed by atoms with E-state index in [0.29, 0.717) is 6.04 Å². The van der Waals surface area contributed by atoms with Crippen LogP contribution in [0.1, 0.15) is 38.1 Å². The number of thiophene rings is 1. The SMILES string of the molecule is CCC(N)C(c1ccc(Br)s1)N(CC)CC. The molecular formula is C12H21BrN2S. The fourth-order valence-corrected chi connectivity index (χ4v) is 3.62. The zero-order valence-corrected chi connectivity index (χ0v) is 12.6. The van der Waals surface area contributed by atoms with Crippen LogP contribution in [0.15, 0.2) is 15.9 Å². The predicted molar refractivity (Wildman–Crippen MR) is 75.9 cm³/mol. The maximum atomic E-state index is 6.26. The first-order valence-electron chi connectivity index (χ1n) is 5.88. The molecule has 1 aromatic heterocycles. The third-order valence-corrected chi connectivity index (χ3v) is 4.66. The molecule has 2 atom stereocenters. The van der Waals surface area contributed by atoms with Gasteiger partial charge in [-0.05, 0) is 47.6 Å². The average molecular weight is 305 g/mol. The average Bonchev–Trinajstić information content (AvgIpc) is 2.71. The minimum atomic E-state index is 0.213. The van der Waals surface area contributed by atoms with Gasteiger partial charge in [-0.25, -0.2) is 0 Å². The van der Waals surface area contributed by atoms with Crippen LogP contribution in [0, 0.1) is 0 Å². The lowest BCUT2D eigenvalue weighted by atomic mass is 10.0. The fourth-order valence-electron chi connectivity index (χ4n) is 1.99. The van der Waals surface area contributed by atoms with Crippen molar-refractivity contribution >= 4 is 27.3 Å². The number of nitrogens with two attached hydrogens (primary N) is 1. The van der Waals surface area contributed by atoms with Crippen molar-refractivity contribution in [1.82, 2.24) is 4.90 Å². The van der Waals surface area contributed by atoms with Gasteiger partial charge in [-0.3, -0.25) is 4.90 Å². The normalized spacial score (nSPS) is 15.4. The van der Waals surface area contributed by atoms with Crippen molar-refractivity contribution in [2.45, 2.75) is 39.3 Å². The molecule has 0 spiro atoms. The zero-order valence-electron chi connectivity index (χ0n) is 10.2. The Morgan fingerprint density at radius 1 is 1.31 bits per heavy atom. The molecule has 16 heavy (non-hydrogen) atoms. The summed E-state index contributed by atoms with van der Waals surface area (Å²) >= 11 is 5.32. The second-order valence-corrected chi connectivity index (χ2v) is 6.37. The van der Waals surface area contributed by atoms with Crippen LogP contribution < -0.4 is 5.73 Å². The largest absolute Gasteiger partial charge is 0.326 e. The van der Waals surface area contributed by atoms with Crippen LogP contribution in [0.25, 0.3) is 0 Å². The van der Waals surface area contributed by atoms with Gasteiger partial charge in [0.25, 0.3) is 0 Å². The predicted octanol–water partition coefficient (Wildman–Crippen LogP) is 3.63. The Balaban J connectivity index is 2.94. The maximum Gasteiger partial charge on any atom is 0.0702 e. The van der Waals surface area contributed by atoms with Crippen molar-refractivity contribution in [3.05, 3.63) is 20.8 Å². The third kappa shape index (κ3) is 3.29. The van der Waals surface area contributed by atoms with E-state index in [1.807, 2.05) is 0 Å². The summed E-state index contributed by atoms with van der Waals surface area (Å²) in [5, 5.41) is 0. The van der Waals surface area contributed by atoms with E-state index in [4.69, 9.17) is 5.73 Å². The smallest absolute Gasteiger partial charge is 0.0702 e. The summed E-state index contributed by atoms with van der Waals surface area (Å²) in [5.41, 5.74) is 6.26. The highest BCUT2D eigenvalue weighted by Gasteiger charge is 2.24. The van der Waals surface area contributed by atoms with Crippen LogP contribution in [-0.4, -0.2) is 24.0 Å². The summed E-state index contributed by atoms with van der Waals surface area (Å²) < 4.78 is 1.18. The highest BCUT2D eigenvalue weighted by Crippen LogP contribution is 2.33. The van der Waals surface area contributed by atoms with Crippen LogP contribution in [0.5, 0.6) is 0 Å². The molecule has 2 N–H and O–H groups in total. The van der Waals surface area contributed by atoms with Gasteiger partial charge in [-0.1, -0.05) is 20.8 Å². The van der Waals surface area contributed by atoms with Crippen molar-refractivity contribution in [1.29, 1.82) is 0 Å². The Morgan fingerprint density at radius 3 is 2.31 bits per heavy atom. The van der Waals surface area contributed by atoms with Gasteiger partial charge in [0.1, 0.15) is 0 Å². The van der Waals surface area contributed by atoms with E-state index in [1.54, 1.807) is 11.3 Å². The molecule has 2 unspecified atom stereocenters. The molecule has 0 aliphatic heterocycles. The summed E-state index contributed by atoms with van der Waals surface area (Å²) in [6, 6.07) is 4.87. The Morgan fingerprint density at radius 2 is 1.94 bits per heavy atom. The van der Waals surface area contributed by atoms with E-state index in [0.717, 1.165) is 19.5 Å². The van der Waals surface area contributed by atoms with Crippen molar-refractivity contribution in [3.63, 3.8) is 0 Å². The highest BCUT2D eigenvalue weighted by atomic mass is 79.9. The van der Waals surface area contributed by atoms with Gasteiger partial charge in [-0.2, -0.15) is 0 Å². The van der Waals surface area contributed by atoms with Gasteiger partial charge >= 0.3 is 0 Å². The van der Waals surface area contributed by atoms with E-state index in [1.165, 1.54) is 8.66 Å². The van der Waals surface area contributed by atoms with E-state index in [2.05, 4.69) is 53.7 Å². The van der Waals surface area contributed by atoms with E-state index in [-0.39, 0.29) is 6.04 Å².